The van der Waals surface area contributed by atoms with Gasteiger partial charge in [-0.2, -0.15) is 0 Å². The monoisotopic (exact) mass is 445 g/mol. The molecule has 0 saturated heterocycles. The van der Waals surface area contributed by atoms with E-state index >= 15 is 0 Å². The lowest BCUT2D eigenvalue weighted by molar-refractivity contribution is -0.126. The molecule has 1 unspecified atom stereocenters. The molecule has 30 heavy (non-hydrogen) atoms. The summed E-state index contributed by atoms with van der Waals surface area (Å²) in [7, 11) is 0. The zero-order valence-corrected chi connectivity index (χ0v) is 18.3. The number of carbonyl (C=O) groups is 2. The summed E-state index contributed by atoms with van der Waals surface area (Å²) in [5.41, 5.74) is 9.11. The van der Waals surface area contributed by atoms with Crippen molar-refractivity contribution in [1.29, 1.82) is 0 Å². The van der Waals surface area contributed by atoms with Gasteiger partial charge in [-0.3, -0.25) is 9.59 Å². The Morgan fingerprint density at radius 1 is 1.10 bits per heavy atom. The third-order valence-electron chi connectivity index (χ3n) is 5.21. The van der Waals surface area contributed by atoms with Crippen molar-refractivity contribution in [3.05, 3.63) is 80.8 Å². The van der Waals surface area contributed by atoms with Gasteiger partial charge in [0.05, 0.1) is 16.1 Å². The van der Waals surface area contributed by atoms with Crippen LogP contribution in [0.25, 0.3) is 0 Å². The molecule has 1 heterocycles. The number of nitrogens with two attached hydrogens (primary N) is 1. The van der Waals surface area contributed by atoms with Crippen LogP contribution in [0.1, 0.15) is 36.1 Å². The van der Waals surface area contributed by atoms with Crippen LogP contribution in [0.3, 0.4) is 0 Å². The number of aryl methyl sites for hydroxylation is 1. The molecule has 2 aromatic rings. The second-order valence-corrected chi connectivity index (χ2v) is 7.99. The summed E-state index contributed by atoms with van der Waals surface area (Å²) in [6.45, 7) is 3.37. The number of nitrogens with zero attached hydrogens (tertiary/aromatic N) is 1. The molecule has 158 valence electrons. The Bertz CT molecular complexity index is 957. The number of nitrogens with one attached hydrogen (secondary N) is 1. The van der Waals surface area contributed by atoms with E-state index in [4.69, 9.17) is 28.9 Å². The average molecular weight is 446 g/mol. The fourth-order valence-corrected chi connectivity index (χ4v) is 3.93. The van der Waals surface area contributed by atoms with Crippen LogP contribution in [0, 0.1) is 0 Å². The Kier molecular flexibility index (Phi) is 7.53. The van der Waals surface area contributed by atoms with Crippen LogP contribution >= 0.6 is 23.2 Å². The highest BCUT2D eigenvalue weighted by atomic mass is 35.5. The summed E-state index contributed by atoms with van der Waals surface area (Å²) in [5.74, 6) is -0.368. The van der Waals surface area contributed by atoms with E-state index in [0.717, 1.165) is 29.5 Å². The first-order valence-corrected chi connectivity index (χ1v) is 10.7. The van der Waals surface area contributed by atoms with E-state index < -0.39 is 0 Å². The van der Waals surface area contributed by atoms with Crippen molar-refractivity contribution in [2.45, 2.75) is 32.4 Å². The van der Waals surface area contributed by atoms with Crippen molar-refractivity contribution in [1.82, 2.24) is 10.2 Å². The van der Waals surface area contributed by atoms with Crippen LogP contribution in [-0.4, -0.2) is 29.8 Å². The Labute approximate surface area is 186 Å². The standard InChI is InChI=1S/C23H25Cl2N3O2/c1-2-28-21(29)13-18(22(28)17-8-5-16(14-26)6-9-17)23(30)27-11-3-4-15-7-10-19(24)20(25)12-15/h5-10,12-13,22H,2-4,11,14,26H2,1H3,(H,27,30). The van der Waals surface area contributed by atoms with Crippen LogP contribution in [0.4, 0.5) is 0 Å². The maximum atomic E-state index is 12.9. The molecule has 3 N–H and O–H groups in total. The fourth-order valence-electron chi connectivity index (χ4n) is 3.61. The zero-order valence-electron chi connectivity index (χ0n) is 16.8. The van der Waals surface area contributed by atoms with E-state index in [9.17, 15) is 9.59 Å². The van der Waals surface area contributed by atoms with Gasteiger partial charge < -0.3 is 16.0 Å². The molecular formula is C23H25Cl2N3O2. The number of hydrogen-bond donors (Lipinski definition) is 2. The number of rotatable bonds is 8. The first-order chi connectivity index (χ1) is 14.4. The van der Waals surface area contributed by atoms with Crippen LogP contribution in [0.15, 0.2) is 54.1 Å². The molecule has 7 heteroatoms. The SMILES string of the molecule is CCN1C(=O)C=C(C(=O)NCCCc2ccc(Cl)c(Cl)c2)C1c1ccc(CN)cc1. The van der Waals surface area contributed by atoms with E-state index in [1.165, 1.54) is 6.08 Å². The van der Waals surface area contributed by atoms with Gasteiger partial charge in [0.25, 0.3) is 0 Å². The summed E-state index contributed by atoms with van der Waals surface area (Å²) in [6.07, 6.45) is 2.96. The average Bonchev–Trinajstić information content (AvgIpc) is 3.09. The van der Waals surface area contributed by atoms with E-state index in [2.05, 4.69) is 5.32 Å². The normalized spacial score (nSPS) is 16.0. The summed E-state index contributed by atoms with van der Waals surface area (Å²) >= 11 is 12.0. The number of benzene rings is 2. The molecule has 0 aliphatic carbocycles. The number of carbonyl (C=O) groups excluding carboxylic acids is 2. The predicted octanol–water partition coefficient (Wildman–Crippen LogP) is 4.03. The predicted molar refractivity (Wildman–Crippen MR) is 120 cm³/mol. The van der Waals surface area contributed by atoms with Gasteiger partial charge in [0.15, 0.2) is 0 Å². The molecule has 0 spiro atoms. The zero-order chi connectivity index (χ0) is 21.7. The minimum atomic E-state index is -0.385. The quantitative estimate of drug-likeness (QED) is 0.602. The lowest BCUT2D eigenvalue weighted by atomic mass is 9.98. The molecule has 0 aromatic heterocycles. The molecular weight excluding hydrogens is 421 g/mol. The molecule has 1 aliphatic heterocycles. The van der Waals surface area contributed by atoms with Crippen LogP contribution in [-0.2, 0) is 22.6 Å². The highest BCUT2D eigenvalue weighted by Crippen LogP contribution is 2.34. The summed E-state index contributed by atoms with van der Waals surface area (Å²) in [6, 6.07) is 12.9. The Morgan fingerprint density at radius 3 is 2.43 bits per heavy atom. The number of halogens is 2. The fraction of sp³-hybridized carbons (Fsp3) is 0.304. The highest BCUT2D eigenvalue weighted by molar-refractivity contribution is 6.42. The first kappa shape index (κ1) is 22.3. The van der Waals surface area contributed by atoms with E-state index in [0.29, 0.717) is 35.3 Å². The number of hydrogen-bond acceptors (Lipinski definition) is 3. The summed E-state index contributed by atoms with van der Waals surface area (Å²) in [4.78, 5) is 27.0. The largest absolute Gasteiger partial charge is 0.352 e. The van der Waals surface area contributed by atoms with Gasteiger partial charge in [-0.25, -0.2) is 0 Å². The molecule has 0 bridgehead atoms. The minimum absolute atomic E-state index is 0.147. The van der Waals surface area contributed by atoms with Gasteiger partial charge in [-0.05, 0) is 48.6 Å². The molecule has 3 rings (SSSR count). The van der Waals surface area contributed by atoms with Crippen molar-refractivity contribution in [2.24, 2.45) is 5.73 Å². The Morgan fingerprint density at radius 2 is 1.80 bits per heavy atom. The van der Waals surface area contributed by atoms with Gasteiger partial charge in [0.2, 0.25) is 11.8 Å². The number of amides is 2. The first-order valence-electron chi connectivity index (χ1n) is 9.97. The van der Waals surface area contributed by atoms with Gasteiger partial charge >= 0.3 is 0 Å². The van der Waals surface area contributed by atoms with E-state index in [-0.39, 0.29) is 17.9 Å². The van der Waals surface area contributed by atoms with Gasteiger partial charge in [-0.1, -0.05) is 53.5 Å². The van der Waals surface area contributed by atoms with Crippen molar-refractivity contribution in [2.75, 3.05) is 13.1 Å². The molecule has 0 saturated carbocycles. The number of likely N-dealkylation sites (N-methyl/N-ethyl adjacent to an activating group) is 1. The van der Waals surface area contributed by atoms with E-state index in [1.54, 1.807) is 11.0 Å². The lowest BCUT2D eigenvalue weighted by Crippen LogP contribution is -2.33. The Balaban J connectivity index is 1.64. The lowest BCUT2D eigenvalue weighted by Gasteiger charge is -2.26. The van der Waals surface area contributed by atoms with Gasteiger partial charge in [0.1, 0.15) is 0 Å². The maximum absolute atomic E-state index is 12.9. The second kappa shape index (κ2) is 10.1. The molecule has 0 fully saturated rings. The highest BCUT2D eigenvalue weighted by Gasteiger charge is 2.36. The van der Waals surface area contributed by atoms with Gasteiger partial charge in [-0.15, -0.1) is 0 Å². The van der Waals surface area contributed by atoms with E-state index in [1.807, 2.05) is 43.3 Å². The smallest absolute Gasteiger partial charge is 0.249 e. The van der Waals surface area contributed by atoms with Crippen molar-refractivity contribution in [3.63, 3.8) is 0 Å². The Hall–Kier alpha value is -2.34. The van der Waals surface area contributed by atoms with Crippen molar-refractivity contribution < 1.29 is 9.59 Å². The third-order valence-corrected chi connectivity index (χ3v) is 5.95. The summed E-state index contributed by atoms with van der Waals surface area (Å²) in [5, 5.41) is 3.99. The maximum Gasteiger partial charge on any atom is 0.249 e. The van der Waals surface area contributed by atoms with Gasteiger partial charge in [0, 0.05) is 31.3 Å². The van der Waals surface area contributed by atoms with Crippen LogP contribution in [0.2, 0.25) is 10.0 Å². The van der Waals surface area contributed by atoms with Crippen LogP contribution < -0.4 is 11.1 Å². The minimum Gasteiger partial charge on any atom is -0.352 e. The molecule has 2 aromatic carbocycles. The topological polar surface area (TPSA) is 75.4 Å². The van der Waals surface area contributed by atoms with Crippen molar-refractivity contribution in [3.8, 4) is 0 Å². The second-order valence-electron chi connectivity index (χ2n) is 7.18. The molecule has 2 amide bonds. The molecule has 5 nitrogen and oxygen atoms in total. The molecule has 0 radical (unpaired) electrons. The molecule has 1 atom stereocenters. The van der Waals surface area contributed by atoms with Crippen LogP contribution in [0.5, 0.6) is 0 Å². The molecule has 1 aliphatic rings. The summed E-state index contributed by atoms with van der Waals surface area (Å²) < 4.78 is 0. The van der Waals surface area contributed by atoms with Crippen molar-refractivity contribution >= 4 is 35.0 Å². The third kappa shape index (κ3) is 5.04.